The molecule has 1 aromatic heterocycles. The maximum Gasteiger partial charge on any atom is 0.283 e. The minimum absolute atomic E-state index is 0.0807. The normalized spacial score (nSPS) is 10.7. The molecule has 7 nitrogen and oxygen atoms in total. The topological polar surface area (TPSA) is 109 Å². The summed E-state index contributed by atoms with van der Waals surface area (Å²) in [5.41, 5.74) is -0.175. The van der Waals surface area contributed by atoms with Crippen molar-refractivity contribution in [2.45, 2.75) is 4.90 Å². The number of hydrogen-bond donors (Lipinski definition) is 2. The Morgan fingerprint density at radius 2 is 2.28 bits per heavy atom. The van der Waals surface area contributed by atoms with Crippen LogP contribution in [-0.4, -0.2) is 32.4 Å². The molecule has 0 spiro atoms. The predicted octanol–water partition coefficient (Wildman–Crippen LogP) is 0.916. The molecule has 0 unspecified atom stereocenters. The van der Waals surface area contributed by atoms with Crippen molar-refractivity contribution in [2.75, 3.05) is 12.4 Å². The molecule has 1 aromatic carbocycles. The second-order valence-electron chi connectivity index (χ2n) is 3.40. The molecule has 0 radical (unpaired) electrons. The SMILES string of the molecule is O=c1[nH]cnc2cc(SCCO)c([N+](=O)[O-])cc12. The summed E-state index contributed by atoms with van der Waals surface area (Å²) >= 11 is 1.15. The van der Waals surface area contributed by atoms with Gasteiger partial charge in [-0.1, -0.05) is 0 Å². The highest BCUT2D eigenvalue weighted by molar-refractivity contribution is 7.99. The fraction of sp³-hybridized carbons (Fsp3) is 0.200. The minimum Gasteiger partial charge on any atom is -0.396 e. The number of fused-ring (bicyclic) bond motifs is 1. The Bertz CT molecular complexity index is 655. The second-order valence-corrected chi connectivity index (χ2v) is 4.53. The van der Waals surface area contributed by atoms with Gasteiger partial charge < -0.3 is 10.1 Å². The molecule has 0 amide bonds. The van der Waals surface area contributed by atoms with E-state index >= 15 is 0 Å². The third kappa shape index (κ3) is 2.34. The summed E-state index contributed by atoms with van der Waals surface area (Å²) in [6.45, 7) is -0.0807. The van der Waals surface area contributed by atoms with Gasteiger partial charge in [-0.05, 0) is 6.07 Å². The van der Waals surface area contributed by atoms with E-state index in [1.165, 1.54) is 18.5 Å². The zero-order valence-corrected chi connectivity index (χ0v) is 9.94. The fourth-order valence-electron chi connectivity index (χ4n) is 1.50. The zero-order chi connectivity index (χ0) is 13.1. The molecule has 0 aliphatic carbocycles. The number of thioether (sulfide) groups is 1. The van der Waals surface area contributed by atoms with Crippen LogP contribution in [0.5, 0.6) is 0 Å². The van der Waals surface area contributed by atoms with Gasteiger partial charge >= 0.3 is 0 Å². The largest absolute Gasteiger partial charge is 0.396 e. The molecule has 0 saturated heterocycles. The Morgan fingerprint density at radius 1 is 1.50 bits per heavy atom. The Labute approximate surface area is 105 Å². The number of aliphatic hydroxyl groups is 1. The number of nitrogens with zero attached hydrogens (tertiary/aromatic N) is 2. The van der Waals surface area contributed by atoms with E-state index in [4.69, 9.17) is 5.11 Å². The summed E-state index contributed by atoms with van der Waals surface area (Å²) < 4.78 is 0. The molecule has 0 bridgehead atoms. The van der Waals surface area contributed by atoms with E-state index in [9.17, 15) is 14.9 Å². The summed E-state index contributed by atoms with van der Waals surface area (Å²) in [4.78, 5) is 28.6. The number of rotatable bonds is 4. The molecular formula is C10H9N3O4S. The van der Waals surface area contributed by atoms with Crippen molar-refractivity contribution in [3.05, 3.63) is 38.9 Å². The molecule has 0 aliphatic rings. The van der Waals surface area contributed by atoms with Crippen LogP contribution in [0.15, 0.2) is 28.2 Å². The van der Waals surface area contributed by atoms with Gasteiger partial charge in [-0.2, -0.15) is 0 Å². The number of nitro benzene ring substituents is 1. The number of H-pyrrole nitrogens is 1. The Kier molecular flexibility index (Phi) is 3.58. The molecule has 0 aliphatic heterocycles. The lowest BCUT2D eigenvalue weighted by atomic mass is 10.2. The van der Waals surface area contributed by atoms with Crippen LogP contribution in [0.2, 0.25) is 0 Å². The molecule has 2 aromatic rings. The van der Waals surface area contributed by atoms with Crippen molar-refractivity contribution >= 4 is 28.4 Å². The zero-order valence-electron chi connectivity index (χ0n) is 9.12. The van der Waals surface area contributed by atoms with Gasteiger partial charge in [-0.15, -0.1) is 11.8 Å². The minimum atomic E-state index is -0.550. The summed E-state index contributed by atoms with van der Waals surface area (Å²) in [7, 11) is 0. The van der Waals surface area contributed by atoms with Gasteiger partial charge in [-0.3, -0.25) is 14.9 Å². The second kappa shape index (κ2) is 5.15. The van der Waals surface area contributed by atoms with E-state index in [0.717, 1.165) is 11.8 Å². The number of nitro groups is 1. The van der Waals surface area contributed by atoms with Crippen LogP contribution in [0, 0.1) is 10.1 Å². The molecule has 8 heteroatoms. The third-order valence-electron chi connectivity index (χ3n) is 2.27. The molecule has 0 fully saturated rings. The van der Waals surface area contributed by atoms with Crippen molar-refractivity contribution in [1.82, 2.24) is 9.97 Å². The highest BCUT2D eigenvalue weighted by Crippen LogP contribution is 2.31. The number of nitrogens with one attached hydrogen (secondary N) is 1. The van der Waals surface area contributed by atoms with Crippen molar-refractivity contribution < 1.29 is 10.0 Å². The lowest BCUT2D eigenvalue weighted by Gasteiger charge is -2.03. The highest BCUT2D eigenvalue weighted by Gasteiger charge is 2.17. The molecule has 0 saturated carbocycles. The van der Waals surface area contributed by atoms with Crippen molar-refractivity contribution in [3.8, 4) is 0 Å². The quantitative estimate of drug-likeness (QED) is 0.484. The molecule has 2 rings (SSSR count). The van der Waals surface area contributed by atoms with Crippen molar-refractivity contribution in [2.24, 2.45) is 0 Å². The van der Waals surface area contributed by atoms with Crippen LogP contribution < -0.4 is 5.56 Å². The maximum absolute atomic E-state index is 11.5. The fourth-order valence-corrected chi connectivity index (χ4v) is 2.29. The van der Waals surface area contributed by atoms with Gasteiger partial charge in [0.25, 0.3) is 11.2 Å². The number of benzene rings is 1. The average Bonchev–Trinajstić information content (AvgIpc) is 2.35. The summed E-state index contributed by atoms with van der Waals surface area (Å²) in [5.74, 6) is 0.343. The van der Waals surface area contributed by atoms with Crippen LogP contribution in [-0.2, 0) is 0 Å². The molecule has 2 N–H and O–H groups in total. The molecule has 18 heavy (non-hydrogen) atoms. The monoisotopic (exact) mass is 267 g/mol. The van der Waals surface area contributed by atoms with Gasteiger partial charge in [0.2, 0.25) is 0 Å². The van der Waals surface area contributed by atoms with Crippen LogP contribution in [0.3, 0.4) is 0 Å². The van der Waals surface area contributed by atoms with Crippen LogP contribution in [0.25, 0.3) is 10.9 Å². The van der Waals surface area contributed by atoms with Crippen molar-refractivity contribution in [3.63, 3.8) is 0 Å². The Balaban J connectivity index is 2.65. The van der Waals surface area contributed by atoms with Gasteiger partial charge in [0, 0.05) is 11.8 Å². The van der Waals surface area contributed by atoms with Gasteiger partial charge in [0.1, 0.15) is 0 Å². The lowest BCUT2D eigenvalue weighted by molar-refractivity contribution is -0.387. The summed E-state index contributed by atoms with van der Waals surface area (Å²) in [6, 6.07) is 2.70. The summed E-state index contributed by atoms with van der Waals surface area (Å²) in [5, 5.41) is 19.9. The van der Waals surface area contributed by atoms with E-state index in [2.05, 4.69) is 9.97 Å². The maximum atomic E-state index is 11.5. The van der Waals surface area contributed by atoms with Crippen LogP contribution >= 0.6 is 11.8 Å². The number of aromatic amines is 1. The smallest absolute Gasteiger partial charge is 0.283 e. The molecule has 0 atom stereocenters. The number of aromatic nitrogens is 2. The lowest BCUT2D eigenvalue weighted by Crippen LogP contribution is -2.07. The van der Waals surface area contributed by atoms with Gasteiger partial charge in [-0.25, -0.2) is 4.98 Å². The summed E-state index contributed by atoms with van der Waals surface area (Å²) in [6.07, 6.45) is 1.25. The first kappa shape index (κ1) is 12.5. The Morgan fingerprint density at radius 3 is 2.94 bits per heavy atom. The molecule has 1 heterocycles. The van der Waals surface area contributed by atoms with Gasteiger partial charge in [0.15, 0.2) is 0 Å². The van der Waals surface area contributed by atoms with E-state index < -0.39 is 10.5 Å². The van der Waals surface area contributed by atoms with Gasteiger partial charge in [0.05, 0.1) is 33.7 Å². The standard InChI is InChI=1S/C10H9N3O4S/c14-1-2-18-9-4-7-6(3-8(9)13(16)17)10(15)12-5-11-7/h3-5,14H,1-2H2,(H,11,12,15). The predicted molar refractivity (Wildman–Crippen MR) is 66.8 cm³/mol. The molecular weight excluding hydrogens is 258 g/mol. The number of aliphatic hydroxyl groups excluding tert-OH is 1. The van der Waals surface area contributed by atoms with E-state index in [1.54, 1.807) is 0 Å². The van der Waals surface area contributed by atoms with Crippen LogP contribution in [0.4, 0.5) is 5.69 Å². The highest BCUT2D eigenvalue weighted by atomic mass is 32.2. The van der Waals surface area contributed by atoms with Crippen LogP contribution in [0.1, 0.15) is 0 Å². The number of hydrogen-bond acceptors (Lipinski definition) is 6. The van der Waals surface area contributed by atoms with E-state index in [1.807, 2.05) is 0 Å². The van der Waals surface area contributed by atoms with E-state index in [-0.39, 0.29) is 17.7 Å². The first-order valence-corrected chi connectivity index (χ1v) is 6.01. The third-order valence-corrected chi connectivity index (χ3v) is 3.29. The first-order chi connectivity index (χ1) is 8.63. The van der Waals surface area contributed by atoms with E-state index in [0.29, 0.717) is 16.2 Å². The molecule has 94 valence electrons. The Hall–Kier alpha value is -1.93. The van der Waals surface area contributed by atoms with Crippen molar-refractivity contribution in [1.29, 1.82) is 0 Å². The first-order valence-electron chi connectivity index (χ1n) is 5.03. The average molecular weight is 267 g/mol.